The number of carbonyl (C=O) groups excluding carboxylic acids is 1. The molecule has 0 N–H and O–H groups in total. The van der Waals surface area contributed by atoms with Gasteiger partial charge in [0.1, 0.15) is 0 Å². The Balaban J connectivity index is 1.45. The van der Waals surface area contributed by atoms with E-state index in [4.69, 9.17) is 0 Å². The van der Waals surface area contributed by atoms with E-state index in [1.54, 1.807) is 12.3 Å². The van der Waals surface area contributed by atoms with Crippen LogP contribution in [0.5, 0.6) is 0 Å². The molecule has 3 nitrogen and oxygen atoms in total. The molecular formula is C29H22N2O. The summed E-state index contributed by atoms with van der Waals surface area (Å²) in [5.41, 5.74) is 3.08. The summed E-state index contributed by atoms with van der Waals surface area (Å²) in [5, 5.41) is 11.6. The minimum absolute atomic E-state index is 0.00274. The van der Waals surface area contributed by atoms with Crippen molar-refractivity contribution in [2.24, 2.45) is 5.41 Å². The number of pyridine rings is 1. The van der Waals surface area contributed by atoms with Crippen LogP contribution in [-0.2, 0) is 5.41 Å². The molecule has 0 amide bonds. The Hall–Kier alpha value is -3.77. The van der Waals surface area contributed by atoms with Crippen LogP contribution in [0, 0.1) is 16.7 Å². The fourth-order valence-corrected chi connectivity index (χ4v) is 6.28. The number of carbonyl (C=O) groups is 1. The highest BCUT2D eigenvalue weighted by atomic mass is 16.1. The number of fused-ring (bicyclic) bond motifs is 2. The van der Waals surface area contributed by atoms with Gasteiger partial charge in [0.05, 0.1) is 11.6 Å². The predicted octanol–water partition coefficient (Wildman–Crippen LogP) is 6.19. The van der Waals surface area contributed by atoms with Crippen molar-refractivity contribution in [3.05, 3.63) is 114 Å². The van der Waals surface area contributed by atoms with Crippen LogP contribution in [0.2, 0.25) is 0 Å². The van der Waals surface area contributed by atoms with Gasteiger partial charge in [-0.1, -0.05) is 66.7 Å². The molecule has 0 unspecified atom stereocenters. The molecule has 154 valence electrons. The summed E-state index contributed by atoms with van der Waals surface area (Å²) >= 11 is 0. The van der Waals surface area contributed by atoms with E-state index in [9.17, 15) is 10.1 Å². The molecule has 7 rings (SSSR count). The van der Waals surface area contributed by atoms with Gasteiger partial charge in [-0.2, -0.15) is 5.26 Å². The maximum Gasteiger partial charge on any atom is 0.169 e. The molecule has 3 aromatic carbocycles. The van der Waals surface area contributed by atoms with Crippen LogP contribution in [0.15, 0.2) is 91.1 Å². The van der Waals surface area contributed by atoms with E-state index in [1.807, 2.05) is 42.5 Å². The number of rotatable bonds is 4. The van der Waals surface area contributed by atoms with Crippen molar-refractivity contribution in [1.29, 1.82) is 5.26 Å². The zero-order valence-corrected chi connectivity index (χ0v) is 17.7. The molecule has 4 aromatic rings. The zero-order valence-electron chi connectivity index (χ0n) is 17.7. The second kappa shape index (κ2) is 6.87. The van der Waals surface area contributed by atoms with Gasteiger partial charge in [0.2, 0.25) is 0 Å². The maximum absolute atomic E-state index is 14.1. The van der Waals surface area contributed by atoms with E-state index in [1.165, 1.54) is 5.56 Å². The molecule has 1 aromatic heterocycles. The molecule has 3 aliphatic rings. The fraction of sp³-hybridized carbons (Fsp3) is 0.207. The zero-order chi connectivity index (χ0) is 21.8. The van der Waals surface area contributed by atoms with Gasteiger partial charge < -0.3 is 0 Å². The van der Waals surface area contributed by atoms with Gasteiger partial charge in [0.25, 0.3) is 0 Å². The number of nitriles is 1. The quantitative estimate of drug-likeness (QED) is 0.374. The van der Waals surface area contributed by atoms with Crippen molar-refractivity contribution in [3.63, 3.8) is 0 Å². The molecule has 3 heteroatoms. The summed E-state index contributed by atoms with van der Waals surface area (Å²) in [6, 6.07) is 30.6. The average molecular weight is 415 g/mol. The van der Waals surface area contributed by atoms with E-state index >= 15 is 0 Å². The van der Waals surface area contributed by atoms with Crippen LogP contribution in [-0.4, -0.2) is 10.8 Å². The molecule has 0 spiro atoms. The number of ketones is 1. The first-order valence-corrected chi connectivity index (χ1v) is 11.1. The molecule has 1 atom stereocenters. The van der Waals surface area contributed by atoms with Gasteiger partial charge in [-0.3, -0.25) is 9.78 Å². The Morgan fingerprint density at radius 3 is 2.44 bits per heavy atom. The van der Waals surface area contributed by atoms with Gasteiger partial charge in [0.15, 0.2) is 5.78 Å². The van der Waals surface area contributed by atoms with E-state index < -0.39 is 5.41 Å². The Bertz CT molecular complexity index is 1390. The molecule has 0 saturated heterocycles. The summed E-state index contributed by atoms with van der Waals surface area (Å²) in [6.07, 6.45) is 4.25. The third-order valence-electron chi connectivity index (χ3n) is 7.69. The highest BCUT2D eigenvalue weighted by molar-refractivity contribution is 6.05. The highest BCUT2D eigenvalue weighted by Gasteiger charge is 2.70. The van der Waals surface area contributed by atoms with Crippen molar-refractivity contribution in [2.45, 2.75) is 30.6 Å². The van der Waals surface area contributed by atoms with Gasteiger partial charge in [-0.25, -0.2) is 0 Å². The number of nitrogens with zero attached hydrogens (tertiary/aromatic N) is 2. The minimum atomic E-state index is -0.473. The van der Waals surface area contributed by atoms with Crippen LogP contribution in [0.25, 0.3) is 10.8 Å². The van der Waals surface area contributed by atoms with Gasteiger partial charge in [0, 0.05) is 28.8 Å². The standard InChI is InChI=1S/C29H22N2O/c30-17-20-12-13-31-26(14-20)25-16-28(24-8-2-1-3-9-24)18-29(25,19-28)27(32)23-11-10-21-6-4-5-7-22(21)15-23/h1-15,25H,16,18-19H2/t25-,28?,29?/m0/s1. The first-order chi connectivity index (χ1) is 15.6. The van der Waals surface area contributed by atoms with Gasteiger partial charge in [-0.15, -0.1) is 0 Å². The van der Waals surface area contributed by atoms with E-state index in [0.29, 0.717) is 5.56 Å². The lowest BCUT2D eigenvalue weighted by Crippen LogP contribution is -2.47. The second-order valence-electron chi connectivity index (χ2n) is 9.38. The number of hydrogen-bond acceptors (Lipinski definition) is 3. The van der Waals surface area contributed by atoms with E-state index in [0.717, 1.165) is 41.3 Å². The van der Waals surface area contributed by atoms with Crippen LogP contribution in [0.1, 0.15) is 52.4 Å². The first kappa shape index (κ1) is 19.0. The van der Waals surface area contributed by atoms with Crippen LogP contribution < -0.4 is 0 Å². The van der Waals surface area contributed by atoms with Crippen LogP contribution in [0.4, 0.5) is 0 Å². The summed E-state index contributed by atoms with van der Waals surface area (Å²) in [5.74, 6) is 0.219. The number of Topliss-reactive ketones (excluding diaryl/α,β-unsaturated/α-hetero) is 1. The molecule has 32 heavy (non-hydrogen) atoms. The predicted molar refractivity (Wildman–Crippen MR) is 124 cm³/mol. The Labute approximate surface area is 187 Å². The minimum Gasteiger partial charge on any atom is -0.294 e. The third-order valence-corrected chi connectivity index (χ3v) is 7.69. The second-order valence-corrected chi connectivity index (χ2v) is 9.38. The molecule has 3 fully saturated rings. The largest absolute Gasteiger partial charge is 0.294 e. The van der Waals surface area contributed by atoms with Crippen molar-refractivity contribution in [2.75, 3.05) is 0 Å². The third kappa shape index (κ3) is 2.66. The maximum atomic E-state index is 14.1. The molecule has 3 saturated carbocycles. The van der Waals surface area contributed by atoms with Gasteiger partial charge in [-0.05, 0) is 59.2 Å². The highest BCUT2D eigenvalue weighted by Crippen LogP contribution is 2.73. The number of benzene rings is 3. The SMILES string of the molecule is N#Cc1ccnc([C@@H]2CC3(c4ccccc4)CC2(C(=O)c2ccc4ccccc4c2)C3)c1. The molecule has 0 aliphatic heterocycles. The molecular weight excluding hydrogens is 392 g/mol. The Kier molecular flexibility index (Phi) is 4.07. The lowest BCUT2D eigenvalue weighted by molar-refractivity contribution is 0.0537. The summed E-state index contributed by atoms with van der Waals surface area (Å²) in [6.45, 7) is 0. The van der Waals surface area contributed by atoms with Crippen LogP contribution >= 0.6 is 0 Å². The first-order valence-electron chi connectivity index (χ1n) is 11.1. The van der Waals surface area contributed by atoms with E-state index in [2.05, 4.69) is 47.5 Å². The lowest BCUT2D eigenvalue weighted by atomic mass is 9.54. The molecule has 2 bridgehead atoms. The summed E-state index contributed by atoms with van der Waals surface area (Å²) < 4.78 is 0. The van der Waals surface area contributed by atoms with Crippen LogP contribution in [0.3, 0.4) is 0 Å². The number of aromatic nitrogens is 1. The van der Waals surface area contributed by atoms with E-state index in [-0.39, 0.29) is 17.1 Å². The molecule has 3 aliphatic carbocycles. The topological polar surface area (TPSA) is 53.8 Å². The molecule has 0 radical (unpaired) electrons. The van der Waals surface area contributed by atoms with Crippen molar-refractivity contribution < 1.29 is 4.79 Å². The summed E-state index contributed by atoms with van der Waals surface area (Å²) in [4.78, 5) is 18.7. The Morgan fingerprint density at radius 1 is 0.906 bits per heavy atom. The monoisotopic (exact) mass is 414 g/mol. The lowest BCUT2D eigenvalue weighted by Gasteiger charge is -2.48. The normalized spacial score (nSPS) is 25.8. The molecule has 1 heterocycles. The number of hydrogen-bond donors (Lipinski definition) is 0. The Morgan fingerprint density at radius 2 is 1.66 bits per heavy atom. The van der Waals surface area contributed by atoms with Gasteiger partial charge >= 0.3 is 0 Å². The average Bonchev–Trinajstić information content (AvgIpc) is 3.37. The fourth-order valence-electron chi connectivity index (χ4n) is 6.28. The summed E-state index contributed by atoms with van der Waals surface area (Å²) in [7, 11) is 0. The smallest absolute Gasteiger partial charge is 0.169 e. The van der Waals surface area contributed by atoms with Crippen molar-refractivity contribution in [3.8, 4) is 6.07 Å². The van der Waals surface area contributed by atoms with Crippen molar-refractivity contribution in [1.82, 2.24) is 4.98 Å². The van der Waals surface area contributed by atoms with Crippen molar-refractivity contribution >= 4 is 16.6 Å².